The van der Waals surface area contributed by atoms with Crippen molar-refractivity contribution in [2.24, 2.45) is 0 Å². The molecule has 0 fully saturated rings. The van der Waals surface area contributed by atoms with Crippen molar-refractivity contribution in [2.45, 2.75) is 11.4 Å². The molecule has 0 aliphatic rings. The predicted molar refractivity (Wildman–Crippen MR) is 137 cm³/mol. The molecule has 0 atom stereocenters. The molecule has 0 saturated carbocycles. The van der Waals surface area contributed by atoms with E-state index in [0.717, 1.165) is 4.31 Å². The minimum absolute atomic E-state index is 0.00989. The Labute approximate surface area is 215 Å². The van der Waals surface area contributed by atoms with E-state index in [0.29, 0.717) is 33.6 Å². The zero-order valence-electron chi connectivity index (χ0n) is 20.3. The molecule has 3 rings (SSSR count). The first kappa shape index (κ1) is 27.0. The molecule has 0 radical (unpaired) electrons. The van der Waals surface area contributed by atoms with Gasteiger partial charge in [0.1, 0.15) is 12.3 Å². The summed E-state index contributed by atoms with van der Waals surface area (Å²) < 4.78 is 49.1. The lowest BCUT2D eigenvalue weighted by Gasteiger charge is -2.24. The summed E-state index contributed by atoms with van der Waals surface area (Å²) in [4.78, 5) is 12.9. The second-order valence-corrected chi connectivity index (χ2v) is 9.77. The smallest absolute Gasteiger partial charge is 0.264 e. The standard InChI is InChI=1S/C25H27ClN2O7S/c1-32-20-9-11-21(12-10-20)36(30,31)28(19-7-5-18(26)6-8-19)16-24(29)27-15-17-13-22(33-2)25(35-4)23(14-17)34-3/h5-14H,15-16H2,1-4H3,(H,27,29). The summed E-state index contributed by atoms with van der Waals surface area (Å²) in [6, 6.07) is 15.5. The second-order valence-electron chi connectivity index (χ2n) is 7.47. The van der Waals surface area contributed by atoms with Crippen LogP contribution >= 0.6 is 11.6 Å². The van der Waals surface area contributed by atoms with E-state index in [1.54, 1.807) is 24.3 Å². The molecule has 11 heteroatoms. The Morgan fingerprint density at radius 2 is 1.44 bits per heavy atom. The maximum Gasteiger partial charge on any atom is 0.264 e. The summed E-state index contributed by atoms with van der Waals surface area (Å²) >= 11 is 5.98. The van der Waals surface area contributed by atoms with Gasteiger partial charge in [0.25, 0.3) is 10.0 Å². The van der Waals surface area contributed by atoms with E-state index in [2.05, 4.69) is 5.32 Å². The van der Waals surface area contributed by atoms with Crippen LogP contribution in [0.25, 0.3) is 0 Å². The minimum atomic E-state index is -4.08. The summed E-state index contributed by atoms with van der Waals surface area (Å²) in [5, 5.41) is 3.19. The van der Waals surface area contributed by atoms with Crippen molar-refractivity contribution in [3.63, 3.8) is 0 Å². The number of benzene rings is 3. The van der Waals surface area contributed by atoms with Crippen molar-refractivity contribution < 1.29 is 32.2 Å². The molecule has 0 spiro atoms. The third kappa shape index (κ3) is 6.13. The van der Waals surface area contributed by atoms with Crippen LogP contribution in [0.2, 0.25) is 5.02 Å². The van der Waals surface area contributed by atoms with Crippen LogP contribution in [0.1, 0.15) is 5.56 Å². The predicted octanol–water partition coefficient (Wildman–Crippen LogP) is 3.89. The number of nitrogens with one attached hydrogen (secondary N) is 1. The van der Waals surface area contributed by atoms with Gasteiger partial charge < -0.3 is 24.3 Å². The number of nitrogens with zero attached hydrogens (tertiary/aromatic N) is 1. The summed E-state index contributed by atoms with van der Waals surface area (Å²) in [5.74, 6) is 1.29. The third-order valence-electron chi connectivity index (χ3n) is 5.26. The van der Waals surface area contributed by atoms with Gasteiger partial charge in [0.2, 0.25) is 11.7 Å². The van der Waals surface area contributed by atoms with E-state index in [9.17, 15) is 13.2 Å². The van der Waals surface area contributed by atoms with E-state index in [-0.39, 0.29) is 17.1 Å². The van der Waals surface area contributed by atoms with E-state index < -0.39 is 22.5 Å². The molecule has 0 saturated heterocycles. The third-order valence-corrected chi connectivity index (χ3v) is 7.30. The molecular weight excluding hydrogens is 508 g/mol. The van der Waals surface area contributed by atoms with E-state index in [4.69, 9.17) is 30.5 Å². The van der Waals surface area contributed by atoms with Crippen LogP contribution in [0, 0.1) is 0 Å². The number of hydrogen-bond donors (Lipinski definition) is 1. The summed E-state index contributed by atoms with van der Waals surface area (Å²) in [6.45, 7) is -0.354. The van der Waals surface area contributed by atoms with Crippen molar-refractivity contribution in [1.29, 1.82) is 0 Å². The van der Waals surface area contributed by atoms with Gasteiger partial charge in [0.15, 0.2) is 11.5 Å². The van der Waals surface area contributed by atoms with Crippen molar-refractivity contribution >= 4 is 33.2 Å². The topological polar surface area (TPSA) is 103 Å². The maximum atomic E-state index is 13.5. The number of carbonyl (C=O) groups is 1. The Hall–Kier alpha value is -3.63. The van der Waals surface area contributed by atoms with Crippen molar-refractivity contribution in [1.82, 2.24) is 5.32 Å². The van der Waals surface area contributed by atoms with Gasteiger partial charge in [-0.15, -0.1) is 0 Å². The van der Waals surface area contributed by atoms with Gasteiger partial charge in [-0.1, -0.05) is 11.6 Å². The van der Waals surface area contributed by atoms with Crippen LogP contribution in [0.3, 0.4) is 0 Å². The fourth-order valence-electron chi connectivity index (χ4n) is 3.42. The molecule has 0 aromatic heterocycles. The van der Waals surface area contributed by atoms with E-state index >= 15 is 0 Å². The number of halogens is 1. The summed E-state index contributed by atoms with van der Waals surface area (Å²) in [7, 11) is 1.89. The first-order chi connectivity index (χ1) is 17.2. The lowest BCUT2D eigenvalue weighted by Crippen LogP contribution is -2.40. The number of sulfonamides is 1. The van der Waals surface area contributed by atoms with Gasteiger partial charge in [-0.3, -0.25) is 9.10 Å². The highest BCUT2D eigenvalue weighted by atomic mass is 35.5. The molecule has 3 aromatic carbocycles. The molecule has 0 unspecified atom stereocenters. The van der Waals surface area contributed by atoms with Crippen LogP contribution in [0.4, 0.5) is 5.69 Å². The number of ether oxygens (including phenoxy) is 4. The Morgan fingerprint density at radius 1 is 0.861 bits per heavy atom. The molecule has 0 aliphatic carbocycles. The average molecular weight is 535 g/mol. The van der Waals surface area contributed by atoms with Crippen molar-refractivity contribution in [2.75, 3.05) is 39.3 Å². The SMILES string of the molecule is COc1ccc(S(=O)(=O)N(CC(=O)NCc2cc(OC)c(OC)c(OC)c2)c2ccc(Cl)cc2)cc1. The molecule has 3 aromatic rings. The molecule has 0 aliphatic heterocycles. The van der Waals surface area contributed by atoms with Gasteiger partial charge in [-0.25, -0.2) is 8.42 Å². The second kappa shape index (κ2) is 11.9. The monoisotopic (exact) mass is 534 g/mol. The lowest BCUT2D eigenvalue weighted by molar-refractivity contribution is -0.119. The van der Waals surface area contributed by atoms with Gasteiger partial charge in [-0.05, 0) is 66.2 Å². The molecule has 1 N–H and O–H groups in total. The highest BCUT2D eigenvalue weighted by Crippen LogP contribution is 2.38. The fraction of sp³-hybridized carbons (Fsp3) is 0.240. The number of methoxy groups -OCH3 is 4. The summed E-state index contributed by atoms with van der Waals surface area (Å²) in [5.41, 5.74) is 0.965. The van der Waals surface area contributed by atoms with Crippen molar-refractivity contribution in [3.8, 4) is 23.0 Å². The largest absolute Gasteiger partial charge is 0.497 e. The number of hydrogen-bond acceptors (Lipinski definition) is 7. The average Bonchev–Trinajstić information content (AvgIpc) is 2.90. The van der Waals surface area contributed by atoms with Crippen LogP contribution in [-0.4, -0.2) is 49.3 Å². The Kier molecular flexibility index (Phi) is 8.89. The molecule has 0 heterocycles. The van der Waals surface area contributed by atoms with E-state index in [1.165, 1.54) is 64.8 Å². The number of rotatable bonds is 11. The van der Waals surface area contributed by atoms with Gasteiger partial charge >= 0.3 is 0 Å². The zero-order valence-corrected chi connectivity index (χ0v) is 21.9. The highest BCUT2D eigenvalue weighted by molar-refractivity contribution is 7.92. The quantitative estimate of drug-likeness (QED) is 0.398. The molecular formula is C25H27ClN2O7S. The molecule has 0 bridgehead atoms. The normalized spacial score (nSPS) is 10.9. The van der Waals surface area contributed by atoms with Gasteiger partial charge in [0.05, 0.1) is 39.0 Å². The molecule has 36 heavy (non-hydrogen) atoms. The lowest BCUT2D eigenvalue weighted by atomic mass is 10.1. The van der Waals surface area contributed by atoms with Crippen LogP contribution in [0.15, 0.2) is 65.6 Å². The minimum Gasteiger partial charge on any atom is -0.497 e. The first-order valence-corrected chi connectivity index (χ1v) is 12.5. The van der Waals surface area contributed by atoms with Crippen LogP contribution in [0.5, 0.6) is 23.0 Å². The van der Waals surface area contributed by atoms with Gasteiger partial charge in [0, 0.05) is 11.6 Å². The number of carbonyl (C=O) groups excluding carboxylic acids is 1. The van der Waals surface area contributed by atoms with Crippen LogP contribution < -0.4 is 28.6 Å². The fourth-order valence-corrected chi connectivity index (χ4v) is 4.97. The summed E-state index contributed by atoms with van der Waals surface area (Å²) in [6.07, 6.45) is 0. The van der Waals surface area contributed by atoms with Crippen LogP contribution in [-0.2, 0) is 21.4 Å². The first-order valence-electron chi connectivity index (χ1n) is 10.7. The zero-order chi connectivity index (χ0) is 26.3. The maximum absolute atomic E-state index is 13.5. The Balaban J connectivity index is 1.85. The Bertz CT molecular complexity index is 1270. The molecule has 192 valence electrons. The number of anilines is 1. The molecule has 1 amide bonds. The highest BCUT2D eigenvalue weighted by Gasteiger charge is 2.27. The van der Waals surface area contributed by atoms with Gasteiger partial charge in [-0.2, -0.15) is 0 Å². The molecule has 9 nitrogen and oxygen atoms in total. The number of amides is 1. The van der Waals surface area contributed by atoms with E-state index in [1.807, 2.05) is 0 Å². The Morgan fingerprint density at radius 3 is 1.94 bits per heavy atom. The van der Waals surface area contributed by atoms with Crippen molar-refractivity contribution in [3.05, 3.63) is 71.2 Å².